The van der Waals surface area contributed by atoms with Gasteiger partial charge in [-0.1, -0.05) is 19.9 Å². The minimum Gasteiger partial charge on any atom is -0.492 e. The predicted molar refractivity (Wildman–Crippen MR) is 123 cm³/mol. The Bertz CT molecular complexity index is 1040. The molecule has 1 atom stereocenters. The van der Waals surface area contributed by atoms with E-state index in [0.717, 1.165) is 6.21 Å². The number of nitrogens with one attached hydrogen (secondary N) is 2. The van der Waals surface area contributed by atoms with E-state index in [4.69, 9.17) is 16.0 Å². The third-order valence-corrected chi connectivity index (χ3v) is 4.79. The molecule has 1 aliphatic heterocycles. The number of ether oxygens (including phenoxy) is 1. The fraction of sp³-hybridized carbons (Fsp3) is 0.304. The van der Waals surface area contributed by atoms with E-state index < -0.39 is 11.7 Å². The molecule has 9 heteroatoms. The number of fused-ring (bicyclic) bond motifs is 1. The molecule has 0 bridgehead atoms. The van der Waals surface area contributed by atoms with Crippen molar-refractivity contribution in [2.45, 2.75) is 20.3 Å². The van der Waals surface area contributed by atoms with Crippen LogP contribution < -0.4 is 15.9 Å². The summed E-state index contributed by atoms with van der Waals surface area (Å²) in [6, 6.07) is 8.92. The van der Waals surface area contributed by atoms with E-state index in [-0.39, 0.29) is 29.7 Å². The first-order valence-corrected chi connectivity index (χ1v) is 10.2. The number of carbonyl (C=O) groups is 2. The van der Waals surface area contributed by atoms with Crippen molar-refractivity contribution in [3.8, 4) is 5.75 Å². The molecule has 0 spiro atoms. The highest BCUT2D eigenvalue weighted by atomic mass is 19.1. The second-order valence-electron chi connectivity index (χ2n) is 7.07. The Morgan fingerprint density at radius 3 is 2.59 bits per heavy atom. The largest absolute Gasteiger partial charge is 0.492 e. The molecule has 32 heavy (non-hydrogen) atoms. The summed E-state index contributed by atoms with van der Waals surface area (Å²) >= 11 is 0. The molecule has 0 aromatic heterocycles. The summed E-state index contributed by atoms with van der Waals surface area (Å²) in [6.07, 6.45) is 1.30. The van der Waals surface area contributed by atoms with Crippen molar-refractivity contribution in [3.63, 3.8) is 0 Å². The third-order valence-electron chi connectivity index (χ3n) is 4.79. The SMILES string of the molecule is CC.CN(C)C(=O)c1cc(/C(C=N)=N/N)ccc1NC(=O)C1COc2ccc(F)cc2C1. The van der Waals surface area contributed by atoms with Crippen LogP contribution in [0.4, 0.5) is 10.1 Å². The van der Waals surface area contributed by atoms with Crippen molar-refractivity contribution < 1.29 is 18.7 Å². The highest BCUT2D eigenvalue weighted by Gasteiger charge is 2.27. The minimum atomic E-state index is -0.538. The maximum absolute atomic E-state index is 13.5. The van der Waals surface area contributed by atoms with Crippen molar-refractivity contribution >= 4 is 29.4 Å². The molecule has 2 aromatic rings. The summed E-state index contributed by atoms with van der Waals surface area (Å²) < 4.78 is 19.1. The Hall–Kier alpha value is -3.75. The number of anilines is 1. The lowest BCUT2D eigenvalue weighted by molar-refractivity contribution is -0.121. The number of halogens is 1. The van der Waals surface area contributed by atoms with Crippen LogP contribution in [0, 0.1) is 17.1 Å². The lowest BCUT2D eigenvalue weighted by atomic mass is 9.95. The van der Waals surface area contributed by atoms with Gasteiger partial charge >= 0.3 is 0 Å². The van der Waals surface area contributed by atoms with E-state index in [2.05, 4.69) is 10.4 Å². The Balaban J connectivity index is 0.00000176. The zero-order valence-corrected chi connectivity index (χ0v) is 18.6. The molecule has 1 heterocycles. The second-order valence-corrected chi connectivity index (χ2v) is 7.07. The molecule has 4 N–H and O–H groups in total. The molecule has 2 amide bonds. The molecular formula is C23H28FN5O3. The third kappa shape index (κ3) is 5.48. The summed E-state index contributed by atoms with van der Waals surface area (Å²) in [5.41, 5.74) is 1.84. The van der Waals surface area contributed by atoms with E-state index in [1.165, 1.54) is 23.1 Å². The van der Waals surface area contributed by atoms with Crippen LogP contribution in [0.3, 0.4) is 0 Å². The molecule has 1 aliphatic rings. The number of carbonyl (C=O) groups excluding carboxylic acids is 2. The Morgan fingerprint density at radius 1 is 1.25 bits per heavy atom. The van der Waals surface area contributed by atoms with Gasteiger partial charge in [0, 0.05) is 25.9 Å². The molecule has 0 radical (unpaired) electrons. The van der Waals surface area contributed by atoms with E-state index in [0.29, 0.717) is 29.0 Å². The molecule has 170 valence electrons. The summed E-state index contributed by atoms with van der Waals surface area (Å²) in [5.74, 6) is 4.26. The van der Waals surface area contributed by atoms with Gasteiger partial charge in [-0.25, -0.2) is 4.39 Å². The average molecular weight is 442 g/mol. The van der Waals surface area contributed by atoms with Crippen LogP contribution in [-0.4, -0.2) is 49.3 Å². The highest BCUT2D eigenvalue weighted by molar-refractivity contribution is 6.37. The fourth-order valence-corrected chi connectivity index (χ4v) is 3.19. The van der Waals surface area contributed by atoms with Crippen LogP contribution in [0.15, 0.2) is 41.5 Å². The Kier molecular flexibility index (Phi) is 8.46. The molecular weight excluding hydrogens is 413 g/mol. The van der Waals surface area contributed by atoms with Crippen LogP contribution in [0.25, 0.3) is 0 Å². The monoisotopic (exact) mass is 441 g/mol. The van der Waals surface area contributed by atoms with Gasteiger partial charge in [-0.05, 0) is 42.3 Å². The van der Waals surface area contributed by atoms with Crippen molar-refractivity contribution in [1.82, 2.24) is 4.90 Å². The maximum Gasteiger partial charge on any atom is 0.255 e. The van der Waals surface area contributed by atoms with E-state index in [1.807, 2.05) is 13.8 Å². The first-order valence-electron chi connectivity index (χ1n) is 10.2. The van der Waals surface area contributed by atoms with Crippen LogP contribution in [-0.2, 0) is 11.2 Å². The standard InChI is InChI=1S/C21H22FN5O3.C2H6/c1-27(2)21(29)16-9-12(18(10-23)26-24)3-5-17(16)25-20(28)14-7-13-8-15(22)4-6-19(13)30-11-14;1-2/h3-6,8-10,14,23H,7,11,24H2,1-2H3,(H,25,28);1-2H3/b23-10?,26-18+;. The number of hydrogen-bond acceptors (Lipinski definition) is 6. The van der Waals surface area contributed by atoms with Crippen LogP contribution >= 0.6 is 0 Å². The van der Waals surface area contributed by atoms with Crippen molar-refractivity contribution in [2.75, 3.05) is 26.0 Å². The molecule has 0 fully saturated rings. The van der Waals surface area contributed by atoms with Crippen LogP contribution in [0.1, 0.15) is 35.3 Å². The van der Waals surface area contributed by atoms with Gasteiger partial charge in [0.05, 0.1) is 17.2 Å². The lowest BCUT2D eigenvalue weighted by Gasteiger charge is -2.25. The van der Waals surface area contributed by atoms with Gasteiger partial charge in [0.15, 0.2) is 0 Å². The Labute approximate surface area is 186 Å². The van der Waals surface area contributed by atoms with Crippen molar-refractivity contribution in [3.05, 3.63) is 58.9 Å². The van der Waals surface area contributed by atoms with Crippen LogP contribution in [0.5, 0.6) is 5.75 Å². The van der Waals surface area contributed by atoms with Crippen molar-refractivity contribution in [1.29, 1.82) is 5.41 Å². The zero-order chi connectivity index (χ0) is 23.8. The maximum atomic E-state index is 13.5. The lowest BCUT2D eigenvalue weighted by Crippen LogP contribution is -2.33. The average Bonchev–Trinajstić information content (AvgIpc) is 2.80. The van der Waals surface area contributed by atoms with E-state index in [1.54, 1.807) is 32.3 Å². The molecule has 8 nitrogen and oxygen atoms in total. The molecule has 0 saturated carbocycles. The first kappa shape index (κ1) is 24.5. The topological polar surface area (TPSA) is 121 Å². The fourth-order valence-electron chi connectivity index (χ4n) is 3.19. The quantitative estimate of drug-likeness (QED) is 0.375. The number of nitrogens with zero attached hydrogens (tertiary/aromatic N) is 2. The first-order chi connectivity index (χ1) is 15.3. The van der Waals surface area contributed by atoms with Crippen LogP contribution in [0.2, 0.25) is 0 Å². The normalized spacial score (nSPS) is 14.8. The number of hydrogen-bond donors (Lipinski definition) is 3. The Morgan fingerprint density at radius 2 is 1.97 bits per heavy atom. The second kappa shape index (κ2) is 11.0. The molecule has 1 unspecified atom stereocenters. The van der Waals surface area contributed by atoms with Gasteiger partial charge in [0.25, 0.3) is 5.91 Å². The molecule has 0 aliphatic carbocycles. The van der Waals surface area contributed by atoms with Gasteiger partial charge in [-0.3, -0.25) is 9.59 Å². The predicted octanol–water partition coefficient (Wildman–Crippen LogP) is 3.06. The number of amides is 2. The number of benzene rings is 2. The van der Waals surface area contributed by atoms with E-state index >= 15 is 0 Å². The molecule has 0 saturated heterocycles. The van der Waals surface area contributed by atoms with E-state index in [9.17, 15) is 14.0 Å². The highest BCUT2D eigenvalue weighted by Crippen LogP contribution is 2.29. The number of hydrazone groups is 1. The van der Waals surface area contributed by atoms with Gasteiger partial charge in [-0.15, -0.1) is 0 Å². The zero-order valence-electron chi connectivity index (χ0n) is 18.6. The molecule has 3 rings (SSSR count). The summed E-state index contributed by atoms with van der Waals surface area (Å²) in [7, 11) is 3.19. The number of nitrogens with two attached hydrogens (primary N) is 1. The summed E-state index contributed by atoms with van der Waals surface area (Å²) in [6.45, 7) is 4.15. The van der Waals surface area contributed by atoms with Crippen molar-refractivity contribution in [2.24, 2.45) is 16.9 Å². The smallest absolute Gasteiger partial charge is 0.255 e. The summed E-state index contributed by atoms with van der Waals surface area (Å²) in [5, 5.41) is 13.7. The number of rotatable bonds is 5. The van der Waals surface area contributed by atoms with Gasteiger partial charge in [0.1, 0.15) is 23.9 Å². The van der Waals surface area contributed by atoms with Gasteiger partial charge < -0.3 is 26.2 Å². The summed E-state index contributed by atoms with van der Waals surface area (Å²) in [4.78, 5) is 26.9. The minimum absolute atomic E-state index is 0.150. The molecule has 2 aromatic carbocycles. The van der Waals surface area contributed by atoms with Gasteiger partial charge in [0.2, 0.25) is 5.91 Å². The van der Waals surface area contributed by atoms with Gasteiger partial charge in [-0.2, -0.15) is 5.10 Å².